The van der Waals surface area contributed by atoms with Crippen LogP contribution in [0.2, 0.25) is 5.02 Å². The molecule has 5 nitrogen and oxygen atoms in total. The summed E-state index contributed by atoms with van der Waals surface area (Å²) in [7, 11) is 0. The van der Waals surface area contributed by atoms with Crippen molar-refractivity contribution in [3.8, 4) is 0 Å². The zero-order valence-electron chi connectivity index (χ0n) is 11.3. The summed E-state index contributed by atoms with van der Waals surface area (Å²) in [6.45, 7) is 1.79. The number of halogens is 2. The van der Waals surface area contributed by atoms with E-state index in [0.29, 0.717) is 20.7 Å². The molecule has 0 aliphatic heterocycles. The standard InChI is InChI=1S/C14H11BrClNO4S/c1-6-9(16)3-2-8(15)11(6)17-12-7(4-10(18)19)5-22-13(12)14(20)21/h2-3,5,17H,4H2,1H3,(H,18,19)(H,20,21). The quantitative estimate of drug-likeness (QED) is 0.681. The van der Waals surface area contributed by atoms with Crippen molar-refractivity contribution in [2.75, 3.05) is 5.32 Å². The van der Waals surface area contributed by atoms with Crippen molar-refractivity contribution < 1.29 is 19.8 Å². The van der Waals surface area contributed by atoms with Crippen LogP contribution in [0.3, 0.4) is 0 Å². The van der Waals surface area contributed by atoms with Gasteiger partial charge in [0, 0.05) is 9.50 Å². The van der Waals surface area contributed by atoms with Crippen LogP contribution in [0.4, 0.5) is 11.4 Å². The summed E-state index contributed by atoms with van der Waals surface area (Å²) in [5.74, 6) is -2.14. The minimum atomic E-state index is -1.11. The van der Waals surface area contributed by atoms with Crippen molar-refractivity contribution >= 4 is 62.2 Å². The van der Waals surface area contributed by atoms with Gasteiger partial charge in [-0.3, -0.25) is 4.79 Å². The van der Waals surface area contributed by atoms with E-state index in [4.69, 9.17) is 16.7 Å². The molecular formula is C14H11BrClNO4S. The maximum atomic E-state index is 11.3. The average Bonchev–Trinajstić information content (AvgIpc) is 2.81. The molecule has 116 valence electrons. The molecule has 0 radical (unpaired) electrons. The number of anilines is 2. The molecule has 0 saturated carbocycles. The first-order chi connectivity index (χ1) is 10.3. The van der Waals surface area contributed by atoms with Crippen LogP contribution in [0.1, 0.15) is 20.8 Å². The highest BCUT2D eigenvalue weighted by molar-refractivity contribution is 9.10. The predicted molar refractivity (Wildman–Crippen MR) is 89.8 cm³/mol. The summed E-state index contributed by atoms with van der Waals surface area (Å²) >= 11 is 10.5. The number of aliphatic carboxylic acids is 1. The molecule has 0 fully saturated rings. The molecule has 1 heterocycles. The number of aromatic carboxylic acids is 1. The Bertz CT molecular complexity index is 760. The average molecular weight is 405 g/mol. The van der Waals surface area contributed by atoms with Gasteiger partial charge in [0.15, 0.2) is 0 Å². The third-order valence-corrected chi connectivity index (χ3v) is 5.09. The van der Waals surface area contributed by atoms with E-state index in [-0.39, 0.29) is 17.0 Å². The van der Waals surface area contributed by atoms with Crippen molar-refractivity contribution in [1.29, 1.82) is 0 Å². The molecule has 0 amide bonds. The first-order valence-corrected chi connectivity index (χ1v) is 8.13. The van der Waals surface area contributed by atoms with Crippen molar-refractivity contribution in [2.24, 2.45) is 0 Å². The molecule has 1 aromatic heterocycles. The summed E-state index contributed by atoms with van der Waals surface area (Å²) in [6.07, 6.45) is -0.261. The molecule has 8 heteroatoms. The van der Waals surface area contributed by atoms with Crippen molar-refractivity contribution in [1.82, 2.24) is 0 Å². The topological polar surface area (TPSA) is 86.6 Å². The van der Waals surface area contributed by atoms with Crippen LogP contribution in [0.15, 0.2) is 22.0 Å². The second kappa shape index (κ2) is 6.68. The Morgan fingerprint density at radius 3 is 2.59 bits per heavy atom. The number of hydrogen-bond acceptors (Lipinski definition) is 4. The summed E-state index contributed by atoms with van der Waals surface area (Å²) in [5, 5.41) is 23.3. The number of carbonyl (C=O) groups is 2. The van der Waals surface area contributed by atoms with Crippen molar-refractivity contribution in [3.63, 3.8) is 0 Å². The molecule has 22 heavy (non-hydrogen) atoms. The summed E-state index contributed by atoms with van der Waals surface area (Å²) in [4.78, 5) is 22.3. The minimum absolute atomic E-state index is 0.0579. The number of nitrogens with one attached hydrogen (secondary N) is 1. The van der Waals surface area contributed by atoms with Crippen LogP contribution in [-0.2, 0) is 11.2 Å². The molecule has 0 aliphatic carbocycles. The Hall–Kier alpha value is -1.57. The molecule has 0 spiro atoms. The highest BCUT2D eigenvalue weighted by atomic mass is 79.9. The third-order valence-electron chi connectivity index (χ3n) is 3.00. The van der Waals surface area contributed by atoms with Crippen LogP contribution >= 0.6 is 38.9 Å². The number of rotatable bonds is 5. The molecule has 2 rings (SSSR count). The van der Waals surface area contributed by atoms with E-state index >= 15 is 0 Å². The summed E-state index contributed by atoms with van der Waals surface area (Å²) < 4.78 is 0.707. The van der Waals surface area contributed by atoms with E-state index in [2.05, 4.69) is 21.2 Å². The monoisotopic (exact) mass is 403 g/mol. The van der Waals surface area contributed by atoms with Crippen LogP contribution < -0.4 is 5.32 Å². The third kappa shape index (κ3) is 3.43. The first kappa shape index (κ1) is 16.8. The number of thiophene rings is 1. The van der Waals surface area contributed by atoms with Crippen LogP contribution in [0, 0.1) is 6.92 Å². The zero-order valence-corrected chi connectivity index (χ0v) is 14.5. The van der Waals surface area contributed by atoms with Crippen LogP contribution in [0.5, 0.6) is 0 Å². The molecule has 2 aromatic rings. The molecule has 3 N–H and O–H groups in total. The maximum Gasteiger partial charge on any atom is 0.348 e. The van der Waals surface area contributed by atoms with Crippen molar-refractivity contribution in [3.05, 3.63) is 43.0 Å². The zero-order chi connectivity index (χ0) is 16.4. The van der Waals surface area contributed by atoms with Gasteiger partial charge in [0.05, 0.1) is 17.8 Å². The van der Waals surface area contributed by atoms with E-state index in [9.17, 15) is 14.7 Å². The van der Waals surface area contributed by atoms with Gasteiger partial charge < -0.3 is 15.5 Å². The number of carboxylic acid groups (broad SMARTS) is 2. The Morgan fingerprint density at radius 1 is 1.32 bits per heavy atom. The van der Waals surface area contributed by atoms with Gasteiger partial charge in [0.2, 0.25) is 0 Å². The van der Waals surface area contributed by atoms with Crippen LogP contribution in [0.25, 0.3) is 0 Å². The van der Waals surface area contributed by atoms with Gasteiger partial charge in [0.25, 0.3) is 0 Å². The second-order valence-corrected chi connectivity index (χ2v) is 6.64. The van der Waals surface area contributed by atoms with Crippen molar-refractivity contribution in [2.45, 2.75) is 13.3 Å². The minimum Gasteiger partial charge on any atom is -0.481 e. The Kier molecular flexibility index (Phi) is 5.10. The van der Waals surface area contributed by atoms with E-state index < -0.39 is 11.9 Å². The number of carboxylic acids is 2. The highest BCUT2D eigenvalue weighted by Gasteiger charge is 2.20. The lowest BCUT2D eigenvalue weighted by molar-refractivity contribution is -0.136. The normalized spacial score (nSPS) is 10.5. The fourth-order valence-electron chi connectivity index (χ4n) is 1.91. The fourth-order valence-corrected chi connectivity index (χ4v) is 3.46. The van der Waals surface area contributed by atoms with E-state index in [1.165, 1.54) is 5.38 Å². The molecule has 0 unspecified atom stereocenters. The van der Waals surface area contributed by atoms with Gasteiger partial charge in [0.1, 0.15) is 4.88 Å². The molecule has 1 aromatic carbocycles. The lowest BCUT2D eigenvalue weighted by Crippen LogP contribution is -2.06. The summed E-state index contributed by atoms with van der Waals surface area (Å²) in [6, 6.07) is 3.46. The van der Waals surface area contributed by atoms with E-state index in [1.807, 2.05) is 0 Å². The van der Waals surface area contributed by atoms with Gasteiger partial charge in [-0.05, 0) is 51.5 Å². The number of benzene rings is 1. The first-order valence-electron chi connectivity index (χ1n) is 6.08. The van der Waals surface area contributed by atoms with Gasteiger partial charge in [-0.25, -0.2) is 4.79 Å². The van der Waals surface area contributed by atoms with Crippen LogP contribution in [-0.4, -0.2) is 22.2 Å². The lowest BCUT2D eigenvalue weighted by atomic mass is 10.1. The summed E-state index contributed by atoms with van der Waals surface area (Å²) in [5.41, 5.74) is 2.05. The van der Waals surface area contributed by atoms with Gasteiger partial charge in [-0.15, -0.1) is 11.3 Å². The highest BCUT2D eigenvalue weighted by Crippen LogP contribution is 2.37. The Morgan fingerprint density at radius 2 is 2.00 bits per heavy atom. The molecular weight excluding hydrogens is 394 g/mol. The molecule has 0 saturated heterocycles. The maximum absolute atomic E-state index is 11.3. The Labute approximate surface area is 143 Å². The molecule has 0 atom stereocenters. The number of hydrogen-bond donors (Lipinski definition) is 3. The van der Waals surface area contributed by atoms with E-state index in [0.717, 1.165) is 16.9 Å². The Balaban J connectivity index is 2.53. The largest absolute Gasteiger partial charge is 0.481 e. The van der Waals surface area contributed by atoms with E-state index in [1.54, 1.807) is 19.1 Å². The SMILES string of the molecule is Cc1c(Cl)ccc(Br)c1Nc1c(CC(=O)O)csc1C(=O)O. The second-order valence-electron chi connectivity index (χ2n) is 4.49. The lowest BCUT2D eigenvalue weighted by Gasteiger charge is -2.14. The smallest absolute Gasteiger partial charge is 0.348 e. The predicted octanol–water partition coefficient (Wildman–Crippen LogP) is 4.54. The fraction of sp³-hybridized carbons (Fsp3) is 0.143. The molecule has 0 bridgehead atoms. The van der Waals surface area contributed by atoms with Gasteiger partial charge in [-0.2, -0.15) is 0 Å². The van der Waals surface area contributed by atoms with Gasteiger partial charge >= 0.3 is 11.9 Å². The van der Waals surface area contributed by atoms with Gasteiger partial charge in [-0.1, -0.05) is 11.6 Å². The molecule has 0 aliphatic rings.